The van der Waals surface area contributed by atoms with Crippen molar-refractivity contribution < 1.29 is 14.4 Å². The highest BCUT2D eigenvalue weighted by Crippen LogP contribution is 2.19. The van der Waals surface area contributed by atoms with Gasteiger partial charge in [0.1, 0.15) is 11.9 Å². The van der Waals surface area contributed by atoms with Crippen LogP contribution in [0.5, 0.6) is 0 Å². The minimum absolute atomic E-state index is 0.0367. The zero-order valence-corrected chi connectivity index (χ0v) is 13.9. The smallest absolute Gasteiger partial charge is 0.326 e. The molecule has 1 atom stereocenters. The molecule has 0 saturated carbocycles. The Hall–Kier alpha value is -2.64. The molecule has 2 saturated heterocycles. The molecule has 2 fully saturated rings. The number of rotatable bonds is 3. The van der Waals surface area contributed by atoms with Crippen LogP contribution in [0.1, 0.15) is 6.42 Å². The summed E-state index contributed by atoms with van der Waals surface area (Å²) in [4.78, 5) is 46.9. The molecule has 2 aliphatic heterocycles. The van der Waals surface area contributed by atoms with E-state index >= 15 is 0 Å². The average Bonchev–Trinajstić information content (AvgIpc) is 2.80. The number of piperazine rings is 1. The number of urea groups is 1. The van der Waals surface area contributed by atoms with E-state index in [1.54, 1.807) is 18.1 Å². The van der Waals surface area contributed by atoms with E-state index in [1.807, 2.05) is 18.2 Å². The molecule has 128 valence electrons. The molecule has 3 heterocycles. The maximum atomic E-state index is 12.5. The van der Waals surface area contributed by atoms with Gasteiger partial charge in [0.05, 0.1) is 6.42 Å². The molecule has 0 aliphatic carbocycles. The van der Waals surface area contributed by atoms with Gasteiger partial charge in [-0.2, -0.15) is 0 Å². The van der Waals surface area contributed by atoms with Crippen molar-refractivity contribution >= 4 is 23.7 Å². The highest BCUT2D eigenvalue weighted by atomic mass is 16.2. The maximum absolute atomic E-state index is 12.5. The maximum Gasteiger partial charge on any atom is 0.326 e. The molecule has 4 amide bonds. The summed E-state index contributed by atoms with van der Waals surface area (Å²) in [5, 5.41) is 0. The van der Waals surface area contributed by atoms with E-state index in [-0.39, 0.29) is 24.3 Å². The number of likely N-dealkylation sites (N-methyl/N-ethyl adjacent to an activating group) is 2. The minimum Gasteiger partial charge on any atom is -0.353 e. The molecule has 0 bridgehead atoms. The van der Waals surface area contributed by atoms with Gasteiger partial charge in [0.25, 0.3) is 5.91 Å². The monoisotopic (exact) mass is 331 g/mol. The van der Waals surface area contributed by atoms with Crippen LogP contribution in [0, 0.1) is 0 Å². The van der Waals surface area contributed by atoms with Gasteiger partial charge < -0.3 is 14.7 Å². The molecule has 3 rings (SSSR count). The molecule has 0 N–H and O–H groups in total. The van der Waals surface area contributed by atoms with Crippen LogP contribution in [-0.4, -0.2) is 83.8 Å². The number of pyridine rings is 1. The van der Waals surface area contributed by atoms with Gasteiger partial charge in [-0.15, -0.1) is 0 Å². The van der Waals surface area contributed by atoms with Gasteiger partial charge in [-0.05, 0) is 12.1 Å². The summed E-state index contributed by atoms with van der Waals surface area (Å²) >= 11 is 0. The highest BCUT2D eigenvalue weighted by molar-refractivity contribution is 6.05. The van der Waals surface area contributed by atoms with Crippen molar-refractivity contribution in [3.63, 3.8) is 0 Å². The lowest BCUT2D eigenvalue weighted by molar-refractivity contribution is -0.136. The van der Waals surface area contributed by atoms with E-state index < -0.39 is 6.04 Å². The lowest BCUT2D eigenvalue weighted by Gasteiger charge is -2.36. The Balaban J connectivity index is 1.56. The first-order valence-corrected chi connectivity index (χ1v) is 7.97. The Bertz CT molecular complexity index is 642. The Labute approximate surface area is 140 Å². The Morgan fingerprint density at radius 2 is 1.88 bits per heavy atom. The van der Waals surface area contributed by atoms with Crippen LogP contribution in [0.3, 0.4) is 0 Å². The normalized spacial score (nSPS) is 21.7. The van der Waals surface area contributed by atoms with Crippen molar-refractivity contribution in [3.05, 3.63) is 24.4 Å². The molecule has 0 spiro atoms. The largest absolute Gasteiger partial charge is 0.353 e. The van der Waals surface area contributed by atoms with E-state index in [2.05, 4.69) is 9.88 Å². The van der Waals surface area contributed by atoms with Crippen LogP contribution < -0.4 is 4.90 Å². The van der Waals surface area contributed by atoms with Crippen LogP contribution in [-0.2, 0) is 9.59 Å². The van der Waals surface area contributed by atoms with Crippen molar-refractivity contribution in [2.24, 2.45) is 0 Å². The summed E-state index contributed by atoms with van der Waals surface area (Å²) in [6, 6.07) is 4.71. The van der Waals surface area contributed by atoms with E-state index in [4.69, 9.17) is 0 Å². The molecule has 1 aromatic heterocycles. The molecule has 24 heavy (non-hydrogen) atoms. The summed E-state index contributed by atoms with van der Waals surface area (Å²) in [5.41, 5.74) is 0. The predicted octanol–water partition coefficient (Wildman–Crippen LogP) is 0.0127. The third-order valence-electron chi connectivity index (χ3n) is 4.65. The third kappa shape index (κ3) is 2.91. The van der Waals surface area contributed by atoms with Gasteiger partial charge in [-0.3, -0.25) is 14.5 Å². The predicted molar refractivity (Wildman–Crippen MR) is 87.4 cm³/mol. The standard InChI is InChI=1S/C16H21N5O3/c1-18-12(15(23)19(2)16(18)24)11-14(22)21-9-7-20(8-10-21)13-5-3-4-6-17-13/h3-6,12H,7-11H2,1-2H3/t12-/m0/s1. The lowest BCUT2D eigenvalue weighted by atomic mass is 10.1. The number of anilines is 1. The van der Waals surface area contributed by atoms with Crippen molar-refractivity contribution in [1.82, 2.24) is 19.7 Å². The summed E-state index contributed by atoms with van der Waals surface area (Å²) in [6.07, 6.45) is 1.79. The number of imide groups is 1. The fourth-order valence-electron chi connectivity index (χ4n) is 3.10. The first kappa shape index (κ1) is 16.2. The van der Waals surface area contributed by atoms with Gasteiger partial charge in [0, 0.05) is 46.5 Å². The van der Waals surface area contributed by atoms with E-state index in [1.165, 1.54) is 11.9 Å². The third-order valence-corrected chi connectivity index (χ3v) is 4.65. The first-order valence-electron chi connectivity index (χ1n) is 7.97. The number of nitrogens with zero attached hydrogens (tertiary/aromatic N) is 5. The fraction of sp³-hybridized carbons (Fsp3) is 0.500. The SMILES string of the molecule is CN1C(=O)[C@H](CC(=O)N2CCN(c3ccccn3)CC2)N(C)C1=O. The number of aromatic nitrogens is 1. The number of amides is 4. The van der Waals surface area contributed by atoms with E-state index in [0.717, 1.165) is 10.7 Å². The molecule has 2 aliphatic rings. The Morgan fingerprint density at radius 3 is 2.42 bits per heavy atom. The molecular weight excluding hydrogens is 310 g/mol. The van der Waals surface area contributed by atoms with Gasteiger partial charge >= 0.3 is 6.03 Å². The summed E-state index contributed by atoms with van der Waals surface area (Å²) in [5.74, 6) is 0.495. The Kier molecular flexibility index (Phi) is 4.37. The molecule has 0 radical (unpaired) electrons. The fourth-order valence-corrected chi connectivity index (χ4v) is 3.10. The number of hydrogen-bond donors (Lipinski definition) is 0. The molecule has 8 heteroatoms. The van der Waals surface area contributed by atoms with E-state index in [0.29, 0.717) is 26.2 Å². The second-order valence-corrected chi connectivity index (χ2v) is 6.07. The lowest BCUT2D eigenvalue weighted by Crippen LogP contribution is -2.50. The quantitative estimate of drug-likeness (QED) is 0.730. The van der Waals surface area contributed by atoms with Gasteiger partial charge in [0.2, 0.25) is 5.91 Å². The minimum atomic E-state index is -0.691. The molecule has 8 nitrogen and oxygen atoms in total. The first-order chi connectivity index (χ1) is 11.5. The van der Waals surface area contributed by atoms with Crippen LogP contribution >= 0.6 is 0 Å². The Morgan fingerprint density at radius 1 is 1.17 bits per heavy atom. The van der Waals surface area contributed by atoms with Crippen molar-refractivity contribution in [2.45, 2.75) is 12.5 Å². The van der Waals surface area contributed by atoms with Crippen molar-refractivity contribution in [3.8, 4) is 0 Å². The second-order valence-electron chi connectivity index (χ2n) is 6.07. The number of carbonyl (C=O) groups excluding carboxylic acids is 3. The van der Waals surface area contributed by atoms with Gasteiger partial charge in [-0.25, -0.2) is 9.78 Å². The second kappa shape index (κ2) is 6.46. The van der Waals surface area contributed by atoms with Crippen LogP contribution in [0.2, 0.25) is 0 Å². The van der Waals surface area contributed by atoms with Crippen LogP contribution in [0.25, 0.3) is 0 Å². The zero-order valence-electron chi connectivity index (χ0n) is 13.9. The number of carbonyl (C=O) groups is 3. The van der Waals surface area contributed by atoms with Crippen LogP contribution in [0.4, 0.5) is 10.6 Å². The van der Waals surface area contributed by atoms with Gasteiger partial charge in [-0.1, -0.05) is 6.07 Å². The highest BCUT2D eigenvalue weighted by Gasteiger charge is 2.42. The molecule has 0 aromatic carbocycles. The summed E-state index contributed by atoms with van der Waals surface area (Å²) in [6.45, 7) is 2.58. The number of hydrogen-bond acceptors (Lipinski definition) is 5. The summed E-state index contributed by atoms with van der Waals surface area (Å²) in [7, 11) is 3.00. The summed E-state index contributed by atoms with van der Waals surface area (Å²) < 4.78 is 0. The van der Waals surface area contributed by atoms with Gasteiger partial charge in [0.15, 0.2) is 0 Å². The zero-order chi connectivity index (χ0) is 17.3. The van der Waals surface area contributed by atoms with Crippen molar-refractivity contribution in [2.75, 3.05) is 45.2 Å². The molecule has 1 aromatic rings. The van der Waals surface area contributed by atoms with E-state index in [9.17, 15) is 14.4 Å². The van der Waals surface area contributed by atoms with Crippen molar-refractivity contribution in [1.29, 1.82) is 0 Å². The van der Waals surface area contributed by atoms with Crippen LogP contribution in [0.15, 0.2) is 24.4 Å². The topological polar surface area (TPSA) is 77.1 Å². The average molecular weight is 331 g/mol. The molecular formula is C16H21N5O3. The molecule has 0 unspecified atom stereocenters.